The van der Waals surface area contributed by atoms with Crippen LogP contribution in [0.4, 0.5) is 0 Å². The van der Waals surface area contributed by atoms with Gasteiger partial charge in [-0.3, -0.25) is 0 Å². The van der Waals surface area contributed by atoms with Gasteiger partial charge in [-0.2, -0.15) is 0 Å². The summed E-state index contributed by atoms with van der Waals surface area (Å²) in [4.78, 5) is 0. The third-order valence-electron chi connectivity index (χ3n) is 2.62. The molecule has 1 heteroatoms. The van der Waals surface area contributed by atoms with E-state index in [0.717, 1.165) is 6.42 Å². The summed E-state index contributed by atoms with van der Waals surface area (Å²) in [5, 5.41) is 7.30. The second kappa shape index (κ2) is 3.10. The van der Waals surface area contributed by atoms with E-state index in [9.17, 15) is 0 Å². The molecule has 1 N–H and O–H groups in total. The molecule has 1 atom stereocenters. The Bertz CT molecular complexity index is 291. The van der Waals surface area contributed by atoms with Crippen molar-refractivity contribution in [1.29, 1.82) is 5.41 Å². The first-order valence-electron chi connectivity index (χ1n) is 4.50. The number of rotatable bonds is 1. The Morgan fingerprint density at radius 1 is 1.33 bits per heavy atom. The summed E-state index contributed by atoms with van der Waals surface area (Å²) < 4.78 is 0. The van der Waals surface area contributed by atoms with Crippen molar-refractivity contribution in [2.75, 3.05) is 0 Å². The average molecular weight is 159 g/mol. The number of benzene rings is 1. The molecular formula is C11H13N. The molecule has 0 bridgehead atoms. The summed E-state index contributed by atoms with van der Waals surface area (Å²) >= 11 is 0. The topological polar surface area (TPSA) is 23.9 Å². The van der Waals surface area contributed by atoms with Gasteiger partial charge >= 0.3 is 0 Å². The molecular weight excluding hydrogens is 146 g/mol. The molecule has 1 aromatic carbocycles. The predicted molar refractivity (Wildman–Crippen MR) is 50.9 cm³/mol. The highest BCUT2D eigenvalue weighted by Gasteiger charge is 2.16. The molecule has 0 saturated carbocycles. The van der Waals surface area contributed by atoms with Gasteiger partial charge in [-0.05, 0) is 30.4 Å². The van der Waals surface area contributed by atoms with E-state index in [1.165, 1.54) is 24.0 Å². The predicted octanol–water partition coefficient (Wildman–Crippen LogP) is 2.76. The van der Waals surface area contributed by atoms with E-state index >= 15 is 0 Å². The van der Waals surface area contributed by atoms with Crippen molar-refractivity contribution in [2.24, 2.45) is 0 Å². The number of aryl methyl sites for hydroxylation is 1. The fraction of sp³-hybridized carbons (Fsp3) is 0.364. The van der Waals surface area contributed by atoms with Crippen molar-refractivity contribution >= 4 is 6.21 Å². The molecule has 1 unspecified atom stereocenters. The molecule has 0 aromatic heterocycles. The Morgan fingerprint density at radius 3 is 3.00 bits per heavy atom. The molecule has 0 saturated heterocycles. The molecule has 12 heavy (non-hydrogen) atoms. The molecule has 1 aromatic rings. The molecule has 0 spiro atoms. The van der Waals surface area contributed by atoms with Crippen molar-refractivity contribution in [2.45, 2.75) is 25.2 Å². The van der Waals surface area contributed by atoms with Crippen LogP contribution >= 0.6 is 0 Å². The van der Waals surface area contributed by atoms with Gasteiger partial charge in [0.1, 0.15) is 0 Å². The molecule has 1 nitrogen and oxygen atoms in total. The van der Waals surface area contributed by atoms with Gasteiger partial charge in [-0.1, -0.05) is 24.3 Å². The summed E-state index contributed by atoms with van der Waals surface area (Å²) in [6.45, 7) is 0. The van der Waals surface area contributed by atoms with Crippen LogP contribution in [0.2, 0.25) is 0 Å². The largest absolute Gasteiger partial charge is 0.312 e. The standard InChI is InChI=1S/C11H13N/c12-8-10-6-3-5-9-4-1-2-7-11(9)10/h1-2,4,7-8,10,12H,3,5-6H2. The molecule has 0 aliphatic heterocycles. The first-order chi connectivity index (χ1) is 5.92. The maximum absolute atomic E-state index is 7.30. The summed E-state index contributed by atoms with van der Waals surface area (Å²) in [5.41, 5.74) is 2.82. The first-order valence-corrected chi connectivity index (χ1v) is 4.50. The second-order valence-electron chi connectivity index (χ2n) is 3.36. The highest BCUT2D eigenvalue weighted by atomic mass is 14.4. The number of fused-ring (bicyclic) bond motifs is 1. The maximum atomic E-state index is 7.30. The molecule has 0 radical (unpaired) electrons. The highest BCUT2D eigenvalue weighted by Crippen LogP contribution is 2.29. The Labute approximate surface area is 72.9 Å². The lowest BCUT2D eigenvalue weighted by Crippen LogP contribution is -2.09. The van der Waals surface area contributed by atoms with E-state index in [1.54, 1.807) is 6.21 Å². The SMILES string of the molecule is N=CC1CCCc2ccccc21. The van der Waals surface area contributed by atoms with Crippen LogP contribution in [0.25, 0.3) is 0 Å². The number of hydrogen-bond donors (Lipinski definition) is 1. The molecule has 0 amide bonds. The van der Waals surface area contributed by atoms with Crippen molar-refractivity contribution in [3.8, 4) is 0 Å². The van der Waals surface area contributed by atoms with Gasteiger partial charge in [0.2, 0.25) is 0 Å². The van der Waals surface area contributed by atoms with Gasteiger partial charge in [0, 0.05) is 12.1 Å². The van der Waals surface area contributed by atoms with E-state index in [0.29, 0.717) is 5.92 Å². The second-order valence-corrected chi connectivity index (χ2v) is 3.36. The normalized spacial score (nSPS) is 21.5. The zero-order chi connectivity index (χ0) is 8.39. The molecule has 62 valence electrons. The van der Waals surface area contributed by atoms with Gasteiger partial charge in [0.25, 0.3) is 0 Å². The Hall–Kier alpha value is -1.11. The van der Waals surface area contributed by atoms with E-state index in [-0.39, 0.29) is 0 Å². The Balaban J connectivity index is 2.43. The van der Waals surface area contributed by atoms with E-state index in [2.05, 4.69) is 24.3 Å². The molecule has 0 fully saturated rings. The van der Waals surface area contributed by atoms with Crippen LogP contribution < -0.4 is 0 Å². The minimum Gasteiger partial charge on any atom is -0.312 e. The lowest BCUT2D eigenvalue weighted by Gasteiger charge is -2.21. The summed E-state index contributed by atoms with van der Waals surface area (Å²) in [6.07, 6.45) is 5.16. The highest BCUT2D eigenvalue weighted by molar-refractivity contribution is 5.66. The summed E-state index contributed by atoms with van der Waals surface area (Å²) in [6, 6.07) is 8.50. The van der Waals surface area contributed by atoms with Crippen LogP contribution in [-0.2, 0) is 6.42 Å². The van der Waals surface area contributed by atoms with Crippen LogP contribution in [0.5, 0.6) is 0 Å². The Kier molecular flexibility index (Phi) is 1.94. The maximum Gasteiger partial charge on any atom is 0.0189 e. The quantitative estimate of drug-likeness (QED) is 0.609. The first kappa shape index (κ1) is 7.53. The van der Waals surface area contributed by atoms with Crippen molar-refractivity contribution in [3.05, 3.63) is 35.4 Å². The molecule has 2 rings (SSSR count). The zero-order valence-corrected chi connectivity index (χ0v) is 7.09. The third kappa shape index (κ3) is 1.15. The van der Waals surface area contributed by atoms with Crippen molar-refractivity contribution in [3.63, 3.8) is 0 Å². The number of hydrogen-bond acceptors (Lipinski definition) is 1. The average Bonchev–Trinajstić information content (AvgIpc) is 2.17. The fourth-order valence-corrected chi connectivity index (χ4v) is 1.96. The van der Waals surface area contributed by atoms with Crippen LogP contribution in [0.3, 0.4) is 0 Å². The third-order valence-corrected chi connectivity index (χ3v) is 2.62. The molecule has 1 aliphatic rings. The van der Waals surface area contributed by atoms with Crippen LogP contribution in [0.15, 0.2) is 24.3 Å². The van der Waals surface area contributed by atoms with Crippen LogP contribution in [0.1, 0.15) is 29.9 Å². The van der Waals surface area contributed by atoms with E-state index in [4.69, 9.17) is 5.41 Å². The van der Waals surface area contributed by atoms with Crippen molar-refractivity contribution < 1.29 is 0 Å². The Morgan fingerprint density at radius 2 is 2.17 bits per heavy atom. The van der Waals surface area contributed by atoms with Gasteiger partial charge in [0.15, 0.2) is 0 Å². The van der Waals surface area contributed by atoms with Crippen LogP contribution in [-0.4, -0.2) is 6.21 Å². The summed E-state index contributed by atoms with van der Waals surface area (Å²) in [7, 11) is 0. The van der Waals surface area contributed by atoms with E-state index in [1.807, 2.05) is 0 Å². The van der Waals surface area contributed by atoms with Gasteiger partial charge in [-0.25, -0.2) is 0 Å². The molecule has 0 heterocycles. The fourth-order valence-electron chi connectivity index (χ4n) is 1.96. The minimum absolute atomic E-state index is 0.384. The van der Waals surface area contributed by atoms with Crippen LogP contribution in [0, 0.1) is 5.41 Å². The lowest BCUT2D eigenvalue weighted by atomic mass is 9.84. The van der Waals surface area contributed by atoms with Gasteiger partial charge in [-0.15, -0.1) is 0 Å². The van der Waals surface area contributed by atoms with E-state index < -0.39 is 0 Å². The number of nitrogens with one attached hydrogen (secondary N) is 1. The summed E-state index contributed by atoms with van der Waals surface area (Å²) in [5.74, 6) is 0.384. The minimum atomic E-state index is 0.384. The lowest BCUT2D eigenvalue weighted by molar-refractivity contribution is 0.655. The zero-order valence-electron chi connectivity index (χ0n) is 7.09. The monoisotopic (exact) mass is 159 g/mol. The van der Waals surface area contributed by atoms with Gasteiger partial charge < -0.3 is 5.41 Å². The molecule has 1 aliphatic carbocycles. The smallest absolute Gasteiger partial charge is 0.0189 e. The van der Waals surface area contributed by atoms with Crippen molar-refractivity contribution in [1.82, 2.24) is 0 Å². The van der Waals surface area contributed by atoms with Gasteiger partial charge in [0.05, 0.1) is 0 Å².